The third kappa shape index (κ3) is 3.44. The van der Waals surface area contributed by atoms with E-state index in [1.807, 2.05) is 0 Å². The molecule has 1 aromatic heterocycles. The molecule has 0 radical (unpaired) electrons. The van der Waals surface area contributed by atoms with Crippen molar-refractivity contribution in [3.8, 4) is 11.8 Å². The first-order valence-corrected chi connectivity index (χ1v) is 8.97. The van der Waals surface area contributed by atoms with Gasteiger partial charge >= 0.3 is 6.18 Å². The van der Waals surface area contributed by atoms with Gasteiger partial charge in [0.1, 0.15) is 12.2 Å². The zero-order valence-corrected chi connectivity index (χ0v) is 14.2. The van der Waals surface area contributed by atoms with Crippen molar-refractivity contribution < 1.29 is 22.6 Å². The smallest absolute Gasteiger partial charge is 0.416 e. The number of rotatable bonds is 5. The summed E-state index contributed by atoms with van der Waals surface area (Å²) in [6.07, 6.45) is 1.18. The number of aromatic nitrogens is 2. The third-order valence-corrected chi connectivity index (χ3v) is 5.57. The van der Waals surface area contributed by atoms with Gasteiger partial charge < -0.3 is 9.47 Å². The quantitative estimate of drug-likeness (QED) is 0.755. The van der Waals surface area contributed by atoms with Crippen LogP contribution in [0.4, 0.5) is 13.2 Å². The Hall–Kier alpha value is -1.83. The fourth-order valence-corrected chi connectivity index (χ4v) is 4.19. The Morgan fingerprint density at radius 2 is 1.76 bits per heavy atom. The summed E-state index contributed by atoms with van der Waals surface area (Å²) >= 11 is 1.01. The van der Waals surface area contributed by atoms with Crippen LogP contribution in [0.15, 0.2) is 24.3 Å². The summed E-state index contributed by atoms with van der Waals surface area (Å²) in [7, 11) is 0. The van der Waals surface area contributed by atoms with Crippen molar-refractivity contribution in [2.24, 2.45) is 5.92 Å². The monoisotopic (exact) mass is 370 g/mol. The molecule has 1 aromatic carbocycles. The van der Waals surface area contributed by atoms with Crippen molar-refractivity contribution in [1.82, 2.24) is 8.75 Å². The van der Waals surface area contributed by atoms with Crippen LogP contribution in [0.3, 0.4) is 0 Å². The predicted molar refractivity (Wildman–Crippen MR) is 85.6 cm³/mol. The van der Waals surface area contributed by atoms with E-state index in [0.717, 1.165) is 49.0 Å². The van der Waals surface area contributed by atoms with Crippen molar-refractivity contribution in [2.45, 2.75) is 50.5 Å². The van der Waals surface area contributed by atoms with E-state index in [2.05, 4.69) is 8.75 Å². The van der Waals surface area contributed by atoms with Crippen LogP contribution >= 0.6 is 11.7 Å². The van der Waals surface area contributed by atoms with Crippen LogP contribution in [0.1, 0.15) is 43.2 Å². The van der Waals surface area contributed by atoms with Crippen LogP contribution in [0.2, 0.25) is 0 Å². The molecule has 4 rings (SSSR count). The Balaban J connectivity index is 1.40. The SMILES string of the molecule is FC(F)(F)c1ccc(COc2nsnc2OC23CCC(CC2)C3)cc1. The Morgan fingerprint density at radius 3 is 2.36 bits per heavy atom. The lowest BCUT2D eigenvalue weighted by Gasteiger charge is -2.26. The molecule has 2 aliphatic carbocycles. The number of halogens is 3. The average Bonchev–Trinajstić information content (AvgIpc) is 3.29. The zero-order valence-electron chi connectivity index (χ0n) is 13.4. The van der Waals surface area contributed by atoms with E-state index in [1.54, 1.807) is 0 Å². The number of fused-ring (bicyclic) bond motifs is 2. The van der Waals surface area contributed by atoms with Gasteiger partial charge in [-0.15, -0.1) is 8.75 Å². The summed E-state index contributed by atoms with van der Waals surface area (Å²) in [5.74, 6) is 1.47. The number of ether oxygens (including phenoxy) is 2. The molecule has 0 unspecified atom stereocenters. The summed E-state index contributed by atoms with van der Waals surface area (Å²) < 4.78 is 57.8. The van der Waals surface area contributed by atoms with Crippen LogP contribution in [0, 0.1) is 5.92 Å². The van der Waals surface area contributed by atoms with E-state index < -0.39 is 11.7 Å². The van der Waals surface area contributed by atoms with Gasteiger partial charge in [0.05, 0.1) is 17.3 Å². The molecule has 1 heterocycles. The topological polar surface area (TPSA) is 44.2 Å². The van der Waals surface area contributed by atoms with Gasteiger partial charge in [-0.25, -0.2) is 0 Å². The summed E-state index contributed by atoms with van der Waals surface area (Å²) in [4.78, 5) is 0. The van der Waals surface area contributed by atoms with E-state index in [0.29, 0.717) is 17.3 Å². The van der Waals surface area contributed by atoms with Gasteiger partial charge in [0.15, 0.2) is 0 Å². The van der Waals surface area contributed by atoms with E-state index >= 15 is 0 Å². The van der Waals surface area contributed by atoms with Gasteiger partial charge in [-0.1, -0.05) is 12.1 Å². The molecule has 2 fully saturated rings. The van der Waals surface area contributed by atoms with Gasteiger partial charge in [0, 0.05) is 0 Å². The number of benzene rings is 1. The van der Waals surface area contributed by atoms with E-state index in [9.17, 15) is 13.2 Å². The molecule has 8 heteroatoms. The fourth-order valence-electron chi connectivity index (χ4n) is 3.75. The number of alkyl halides is 3. The van der Waals surface area contributed by atoms with E-state index in [-0.39, 0.29) is 12.2 Å². The molecule has 2 aliphatic rings. The molecule has 2 bridgehead atoms. The van der Waals surface area contributed by atoms with Crippen LogP contribution in [0.5, 0.6) is 11.8 Å². The summed E-state index contributed by atoms with van der Waals surface area (Å²) in [6.45, 7) is 0.121. The van der Waals surface area contributed by atoms with E-state index in [1.165, 1.54) is 25.0 Å². The number of nitrogens with zero attached hydrogens (tertiary/aromatic N) is 2. The van der Waals surface area contributed by atoms with Gasteiger partial charge in [-0.2, -0.15) is 13.2 Å². The van der Waals surface area contributed by atoms with Crippen LogP contribution < -0.4 is 9.47 Å². The molecule has 4 nitrogen and oxygen atoms in total. The van der Waals surface area contributed by atoms with Crippen LogP contribution in [-0.2, 0) is 12.8 Å². The van der Waals surface area contributed by atoms with Gasteiger partial charge in [0.25, 0.3) is 11.8 Å². The van der Waals surface area contributed by atoms with Gasteiger partial charge in [-0.3, -0.25) is 0 Å². The molecule has 0 saturated heterocycles. The van der Waals surface area contributed by atoms with Crippen molar-refractivity contribution in [3.05, 3.63) is 35.4 Å². The molecular formula is C17H17F3N2O2S. The molecule has 25 heavy (non-hydrogen) atoms. The zero-order chi connectivity index (χ0) is 17.5. The molecule has 0 atom stereocenters. The first-order chi connectivity index (χ1) is 11.9. The van der Waals surface area contributed by atoms with Crippen molar-refractivity contribution in [3.63, 3.8) is 0 Å². The molecular weight excluding hydrogens is 353 g/mol. The number of hydrogen-bond acceptors (Lipinski definition) is 5. The van der Waals surface area contributed by atoms with E-state index in [4.69, 9.17) is 9.47 Å². The number of hydrogen-bond donors (Lipinski definition) is 0. The van der Waals surface area contributed by atoms with Crippen molar-refractivity contribution in [1.29, 1.82) is 0 Å². The highest BCUT2D eigenvalue weighted by molar-refractivity contribution is 6.99. The third-order valence-electron chi connectivity index (χ3n) is 5.08. The fraction of sp³-hybridized carbons (Fsp3) is 0.529. The summed E-state index contributed by atoms with van der Waals surface area (Å²) in [5, 5.41) is 0. The second kappa shape index (κ2) is 6.16. The normalized spacial score (nSPS) is 25.3. The summed E-state index contributed by atoms with van der Waals surface area (Å²) in [5.41, 5.74) is -0.175. The highest BCUT2D eigenvalue weighted by Gasteiger charge is 2.47. The maximum atomic E-state index is 12.6. The minimum absolute atomic E-state index is 0.121. The lowest BCUT2D eigenvalue weighted by atomic mass is 9.97. The molecule has 0 amide bonds. The lowest BCUT2D eigenvalue weighted by molar-refractivity contribution is -0.137. The van der Waals surface area contributed by atoms with Crippen LogP contribution in [0.25, 0.3) is 0 Å². The highest BCUT2D eigenvalue weighted by atomic mass is 32.1. The van der Waals surface area contributed by atoms with Gasteiger partial charge in [0.2, 0.25) is 0 Å². The molecule has 2 aromatic rings. The molecule has 134 valence electrons. The van der Waals surface area contributed by atoms with Crippen molar-refractivity contribution >= 4 is 11.7 Å². The van der Waals surface area contributed by atoms with Gasteiger partial charge in [-0.05, 0) is 55.7 Å². The molecule has 2 saturated carbocycles. The lowest BCUT2D eigenvalue weighted by Crippen LogP contribution is -2.30. The largest absolute Gasteiger partial charge is 0.468 e. The molecule has 0 N–H and O–H groups in total. The maximum absolute atomic E-state index is 12.6. The van der Waals surface area contributed by atoms with Crippen LogP contribution in [-0.4, -0.2) is 14.3 Å². The predicted octanol–water partition coefficient (Wildman–Crippen LogP) is 4.85. The molecule has 0 aliphatic heterocycles. The first kappa shape index (κ1) is 16.6. The Labute approximate surface area is 147 Å². The Bertz CT molecular complexity index is 737. The maximum Gasteiger partial charge on any atom is 0.416 e. The first-order valence-electron chi connectivity index (χ1n) is 8.24. The average molecular weight is 370 g/mol. The Kier molecular flexibility index (Phi) is 4.10. The minimum Gasteiger partial charge on any atom is -0.468 e. The van der Waals surface area contributed by atoms with Crippen molar-refractivity contribution in [2.75, 3.05) is 0 Å². The minimum atomic E-state index is -4.33. The highest BCUT2D eigenvalue weighted by Crippen LogP contribution is 2.50. The second-order valence-electron chi connectivity index (χ2n) is 6.79. The standard InChI is InChI=1S/C17H17F3N2O2S/c18-17(19,20)13-3-1-12(2-4-13)10-23-14-15(22-25-21-14)24-16-7-5-11(9-16)6-8-16/h1-4,11H,5-10H2. The molecule has 0 spiro atoms. The Morgan fingerprint density at radius 1 is 1.08 bits per heavy atom. The second-order valence-corrected chi connectivity index (χ2v) is 7.32. The summed E-state index contributed by atoms with van der Waals surface area (Å²) in [6, 6.07) is 4.90.